The van der Waals surface area contributed by atoms with Gasteiger partial charge in [0.15, 0.2) is 0 Å². The summed E-state index contributed by atoms with van der Waals surface area (Å²) in [5.74, 6) is 0.352. The van der Waals surface area contributed by atoms with Gasteiger partial charge in [0, 0.05) is 0 Å². The van der Waals surface area contributed by atoms with E-state index in [1.165, 1.54) is 4.90 Å². The van der Waals surface area contributed by atoms with Gasteiger partial charge < -0.3 is 14.6 Å². The fourth-order valence-corrected chi connectivity index (χ4v) is 2.62. The van der Waals surface area contributed by atoms with Gasteiger partial charge in [-0.25, -0.2) is 0 Å². The number of nitrogens with zero attached hydrogens (tertiary/aromatic N) is 1. The molecule has 0 aliphatic carbocycles. The average Bonchev–Trinajstić information content (AvgIpc) is 2.98. The van der Waals surface area contributed by atoms with Crippen molar-refractivity contribution in [3.05, 3.63) is 60.1 Å². The Morgan fingerprint density at radius 1 is 1.19 bits per heavy atom. The lowest BCUT2D eigenvalue weighted by Crippen LogP contribution is -2.62. The zero-order chi connectivity index (χ0) is 14.9. The van der Waals surface area contributed by atoms with Gasteiger partial charge in [-0.2, -0.15) is 0 Å². The minimum atomic E-state index is -1.04. The van der Waals surface area contributed by atoms with E-state index in [1.54, 1.807) is 25.3 Å². The van der Waals surface area contributed by atoms with Crippen LogP contribution in [-0.4, -0.2) is 23.3 Å². The first-order valence-electron chi connectivity index (χ1n) is 6.78. The Bertz CT molecular complexity index is 651. The zero-order valence-corrected chi connectivity index (χ0v) is 11.7. The number of carbonyl (C=O) groups excluding carboxylic acids is 2. The van der Waals surface area contributed by atoms with Crippen molar-refractivity contribution in [1.29, 1.82) is 0 Å². The third-order valence-corrected chi connectivity index (χ3v) is 3.72. The van der Waals surface area contributed by atoms with Gasteiger partial charge in [0.2, 0.25) is 5.91 Å². The summed E-state index contributed by atoms with van der Waals surface area (Å²) >= 11 is 0. The molecule has 0 spiro atoms. The predicted molar refractivity (Wildman–Crippen MR) is 76.1 cm³/mol. The summed E-state index contributed by atoms with van der Waals surface area (Å²) in [6.07, 6.45) is 1.56. The van der Waals surface area contributed by atoms with E-state index < -0.39 is 5.54 Å². The van der Waals surface area contributed by atoms with Gasteiger partial charge in [-0.15, -0.1) is 0 Å². The summed E-state index contributed by atoms with van der Waals surface area (Å²) in [6, 6.07) is 12.8. The molecule has 1 aromatic carbocycles. The van der Waals surface area contributed by atoms with Gasteiger partial charge in [0.05, 0.1) is 12.8 Å². The lowest BCUT2D eigenvalue weighted by atomic mass is 9.88. The molecule has 1 fully saturated rings. The van der Waals surface area contributed by atoms with Gasteiger partial charge in [0.25, 0.3) is 5.91 Å². The molecule has 1 atom stereocenters. The molecule has 21 heavy (non-hydrogen) atoms. The lowest BCUT2D eigenvalue weighted by Gasteiger charge is -2.39. The Morgan fingerprint density at radius 2 is 1.95 bits per heavy atom. The Kier molecular flexibility index (Phi) is 3.25. The van der Waals surface area contributed by atoms with Crippen LogP contribution in [-0.2, 0) is 21.7 Å². The average molecular weight is 284 g/mol. The van der Waals surface area contributed by atoms with Crippen molar-refractivity contribution >= 4 is 11.8 Å². The molecule has 1 N–H and O–H groups in total. The smallest absolute Gasteiger partial charge is 0.253 e. The SMILES string of the molecule is CC1(c2ccccc2)NC(=O)CN(Cc2ccco2)C1=O. The standard InChI is InChI=1S/C16H16N2O3/c1-16(12-6-3-2-4-7-12)15(20)18(11-14(19)17-16)10-13-8-5-9-21-13/h2-9H,10-11H2,1H3,(H,17,19). The highest BCUT2D eigenvalue weighted by molar-refractivity contribution is 5.98. The first-order chi connectivity index (χ1) is 10.1. The van der Waals surface area contributed by atoms with E-state index in [1.807, 2.05) is 30.3 Å². The molecule has 1 saturated heterocycles. The van der Waals surface area contributed by atoms with E-state index in [-0.39, 0.29) is 18.4 Å². The minimum absolute atomic E-state index is 0.0436. The zero-order valence-electron chi connectivity index (χ0n) is 11.7. The first-order valence-corrected chi connectivity index (χ1v) is 6.78. The van der Waals surface area contributed by atoms with E-state index in [0.717, 1.165) is 5.56 Å². The van der Waals surface area contributed by atoms with Crippen LogP contribution in [0.15, 0.2) is 53.1 Å². The fraction of sp³-hybridized carbons (Fsp3) is 0.250. The molecule has 3 rings (SSSR count). The van der Waals surface area contributed by atoms with Gasteiger partial charge in [-0.1, -0.05) is 30.3 Å². The number of carbonyl (C=O) groups is 2. The van der Waals surface area contributed by atoms with Crippen LogP contribution in [0.25, 0.3) is 0 Å². The van der Waals surface area contributed by atoms with E-state index in [4.69, 9.17) is 4.42 Å². The normalized spacial score (nSPS) is 22.2. The van der Waals surface area contributed by atoms with E-state index in [2.05, 4.69) is 5.32 Å². The first kappa shape index (κ1) is 13.4. The van der Waals surface area contributed by atoms with Crippen molar-refractivity contribution in [2.24, 2.45) is 0 Å². The molecule has 0 saturated carbocycles. The van der Waals surface area contributed by atoms with E-state index in [0.29, 0.717) is 12.3 Å². The maximum Gasteiger partial charge on any atom is 0.253 e. The van der Waals surface area contributed by atoms with Crippen LogP contribution in [0.1, 0.15) is 18.2 Å². The Hall–Kier alpha value is -2.56. The Balaban J connectivity index is 1.91. The summed E-state index contributed by atoms with van der Waals surface area (Å²) in [5.41, 5.74) is -0.268. The van der Waals surface area contributed by atoms with Crippen molar-refractivity contribution in [2.75, 3.05) is 6.54 Å². The molecule has 1 aliphatic heterocycles. The number of nitrogens with one attached hydrogen (secondary N) is 1. The van der Waals surface area contributed by atoms with Gasteiger partial charge in [-0.05, 0) is 24.6 Å². The molecule has 1 aliphatic rings. The second kappa shape index (κ2) is 5.09. The second-order valence-corrected chi connectivity index (χ2v) is 5.28. The predicted octanol–water partition coefficient (Wildman–Crippen LogP) is 1.65. The van der Waals surface area contributed by atoms with Crippen LogP contribution in [0.2, 0.25) is 0 Å². The highest BCUT2D eigenvalue weighted by Crippen LogP contribution is 2.27. The van der Waals surface area contributed by atoms with Crippen molar-refractivity contribution in [3.8, 4) is 0 Å². The van der Waals surface area contributed by atoms with Crippen molar-refractivity contribution < 1.29 is 14.0 Å². The Morgan fingerprint density at radius 3 is 2.62 bits per heavy atom. The fourth-order valence-electron chi connectivity index (χ4n) is 2.62. The summed E-state index contributed by atoms with van der Waals surface area (Å²) < 4.78 is 5.27. The molecule has 5 nitrogen and oxygen atoms in total. The summed E-state index contributed by atoms with van der Waals surface area (Å²) in [7, 11) is 0. The molecule has 2 aromatic rings. The Labute approximate surface area is 122 Å². The topological polar surface area (TPSA) is 62.6 Å². The van der Waals surface area contributed by atoms with Crippen molar-refractivity contribution in [3.63, 3.8) is 0 Å². The second-order valence-electron chi connectivity index (χ2n) is 5.28. The lowest BCUT2D eigenvalue weighted by molar-refractivity contribution is -0.150. The molecule has 1 unspecified atom stereocenters. The van der Waals surface area contributed by atoms with Gasteiger partial charge >= 0.3 is 0 Å². The van der Waals surface area contributed by atoms with Gasteiger partial charge in [-0.3, -0.25) is 9.59 Å². The molecular weight excluding hydrogens is 268 g/mol. The number of furan rings is 1. The number of piperazine rings is 1. The molecule has 1 aromatic heterocycles. The van der Waals surface area contributed by atoms with Crippen LogP contribution in [0.3, 0.4) is 0 Å². The number of benzene rings is 1. The largest absolute Gasteiger partial charge is 0.467 e. The van der Waals surface area contributed by atoms with Crippen LogP contribution < -0.4 is 5.32 Å². The molecular formula is C16H16N2O3. The molecule has 2 amide bonds. The van der Waals surface area contributed by atoms with E-state index in [9.17, 15) is 9.59 Å². The monoisotopic (exact) mass is 284 g/mol. The molecule has 5 heteroatoms. The van der Waals surface area contributed by atoms with Crippen molar-refractivity contribution in [1.82, 2.24) is 10.2 Å². The molecule has 0 bridgehead atoms. The minimum Gasteiger partial charge on any atom is -0.467 e. The summed E-state index contributed by atoms with van der Waals surface area (Å²) in [4.78, 5) is 26.3. The maximum absolute atomic E-state index is 12.8. The number of hydrogen-bond acceptors (Lipinski definition) is 3. The number of amides is 2. The number of rotatable bonds is 3. The quantitative estimate of drug-likeness (QED) is 0.932. The highest BCUT2D eigenvalue weighted by Gasteiger charge is 2.44. The highest BCUT2D eigenvalue weighted by atomic mass is 16.3. The third-order valence-electron chi connectivity index (χ3n) is 3.72. The summed E-state index contributed by atoms with van der Waals surface area (Å²) in [6.45, 7) is 2.07. The van der Waals surface area contributed by atoms with Crippen LogP contribution in [0, 0.1) is 0 Å². The van der Waals surface area contributed by atoms with E-state index >= 15 is 0 Å². The van der Waals surface area contributed by atoms with Crippen LogP contribution in [0.4, 0.5) is 0 Å². The van der Waals surface area contributed by atoms with Crippen molar-refractivity contribution in [2.45, 2.75) is 19.0 Å². The summed E-state index contributed by atoms with van der Waals surface area (Å²) in [5, 5.41) is 2.81. The van der Waals surface area contributed by atoms with Crippen LogP contribution >= 0.6 is 0 Å². The molecule has 108 valence electrons. The molecule has 0 radical (unpaired) electrons. The van der Waals surface area contributed by atoms with Crippen LogP contribution in [0.5, 0.6) is 0 Å². The van der Waals surface area contributed by atoms with Gasteiger partial charge in [0.1, 0.15) is 17.8 Å². The maximum atomic E-state index is 12.8. The molecule has 2 heterocycles. The third kappa shape index (κ3) is 2.42. The number of hydrogen-bond donors (Lipinski definition) is 1.